The summed E-state index contributed by atoms with van der Waals surface area (Å²) >= 11 is 7.99. The first-order valence-corrected chi connectivity index (χ1v) is 12.0. The molecule has 7 rings (SSSR count). The zero-order chi connectivity index (χ0) is 22.4. The number of rotatable bonds is 2. The van der Waals surface area contributed by atoms with Crippen LogP contribution in [0.3, 0.4) is 0 Å². The Morgan fingerprint density at radius 1 is 0.719 bits per heavy atom. The number of hydrogen-bond donors (Lipinski definition) is 0. The van der Waals surface area contributed by atoms with Gasteiger partial charge in [0.15, 0.2) is 5.78 Å². The third kappa shape index (κ3) is 2.20. The molecule has 2 amide bonds. The van der Waals surface area contributed by atoms with Crippen molar-refractivity contribution < 1.29 is 14.4 Å². The number of ketones is 1. The summed E-state index contributed by atoms with van der Waals surface area (Å²) in [4.78, 5) is 40.8. The Bertz CT molecular complexity index is 1230. The Hall–Kier alpha value is -2.57. The minimum absolute atomic E-state index is 0.0629. The van der Waals surface area contributed by atoms with Gasteiger partial charge in [0.1, 0.15) is 0 Å². The smallest absolute Gasteiger partial charge is 0.239 e. The zero-order valence-corrected chi connectivity index (χ0v) is 20.2. The molecule has 1 fully saturated rings. The van der Waals surface area contributed by atoms with Gasteiger partial charge in [0, 0.05) is 5.56 Å². The fourth-order valence-corrected chi connectivity index (χ4v) is 8.07. The van der Waals surface area contributed by atoms with E-state index in [1.165, 1.54) is 11.8 Å². The van der Waals surface area contributed by atoms with Gasteiger partial charge in [-0.3, -0.25) is 14.4 Å². The Balaban J connectivity index is 1.60. The Morgan fingerprint density at radius 3 is 1.44 bits per heavy atom. The summed E-state index contributed by atoms with van der Waals surface area (Å²) in [6, 6.07) is 22.7. The number of Topliss-reactive ketones (excluding diaryl/α,β-unsaturated/α-hetero) is 1. The van der Waals surface area contributed by atoms with Crippen LogP contribution in [0.1, 0.15) is 39.5 Å². The topological polar surface area (TPSA) is 54.5 Å². The van der Waals surface area contributed by atoms with Crippen LogP contribution in [0, 0.1) is 11.8 Å². The largest absolute Gasteiger partial charge is 0.295 e. The maximum atomic E-state index is 13.9. The predicted molar refractivity (Wildman–Crippen MR) is 128 cm³/mol. The highest BCUT2D eigenvalue weighted by Gasteiger charge is 2.72. The molecule has 3 aromatic rings. The second-order valence-electron chi connectivity index (χ2n) is 8.58. The number of carbonyl (C=O) groups is 3. The lowest BCUT2D eigenvalue weighted by molar-refractivity contribution is -0.122. The second kappa shape index (κ2) is 6.49. The predicted octanol–water partition coefficient (Wildman–Crippen LogP) is 5.30. The molecular weight excluding hydrogens is 534 g/mol. The van der Waals surface area contributed by atoms with E-state index in [0.717, 1.165) is 22.3 Å². The molecule has 2 atom stereocenters. The van der Waals surface area contributed by atoms with Crippen molar-refractivity contribution in [3.63, 3.8) is 0 Å². The lowest BCUT2D eigenvalue weighted by Crippen LogP contribution is -2.56. The SMILES string of the molecule is CC(=O)c1ccc(N2C(=O)[C@H]3[C@H](C2=O)C2(Br)c4ccccc4C3(Br)c3ccccc32)cc1. The van der Waals surface area contributed by atoms with Gasteiger partial charge in [-0.1, -0.05) is 80.4 Å². The molecule has 158 valence electrons. The van der Waals surface area contributed by atoms with Crippen LogP contribution in [0.15, 0.2) is 72.8 Å². The van der Waals surface area contributed by atoms with Crippen molar-refractivity contribution in [1.82, 2.24) is 0 Å². The zero-order valence-electron chi connectivity index (χ0n) is 17.0. The van der Waals surface area contributed by atoms with E-state index in [0.29, 0.717) is 11.3 Å². The number of imide groups is 1. The van der Waals surface area contributed by atoms with Gasteiger partial charge in [-0.15, -0.1) is 0 Å². The Labute approximate surface area is 201 Å². The normalized spacial score (nSPS) is 29.5. The lowest BCUT2D eigenvalue weighted by Gasteiger charge is -2.55. The van der Waals surface area contributed by atoms with Crippen molar-refractivity contribution in [2.75, 3.05) is 4.90 Å². The van der Waals surface area contributed by atoms with Crippen molar-refractivity contribution >= 4 is 55.1 Å². The van der Waals surface area contributed by atoms with E-state index in [-0.39, 0.29) is 17.6 Å². The maximum absolute atomic E-state index is 13.9. The number of anilines is 1. The summed E-state index contributed by atoms with van der Waals surface area (Å²) in [5.41, 5.74) is 5.05. The third-order valence-corrected chi connectivity index (χ3v) is 9.81. The van der Waals surface area contributed by atoms with E-state index in [2.05, 4.69) is 31.9 Å². The summed E-state index contributed by atoms with van der Waals surface area (Å²) in [7, 11) is 0. The van der Waals surface area contributed by atoms with Gasteiger partial charge in [-0.25, -0.2) is 4.90 Å². The summed E-state index contributed by atoms with van der Waals surface area (Å²) in [6.45, 7) is 1.49. The van der Waals surface area contributed by atoms with E-state index in [4.69, 9.17) is 0 Å². The number of alkyl halides is 2. The van der Waals surface area contributed by atoms with Crippen LogP contribution in [0.25, 0.3) is 0 Å². The van der Waals surface area contributed by atoms with Gasteiger partial charge >= 0.3 is 0 Å². The second-order valence-corrected chi connectivity index (χ2v) is 11.1. The van der Waals surface area contributed by atoms with E-state index in [1.54, 1.807) is 24.3 Å². The minimum Gasteiger partial charge on any atom is -0.295 e. The Morgan fingerprint density at radius 2 is 1.09 bits per heavy atom. The number of nitrogens with zero attached hydrogens (tertiary/aromatic N) is 1. The molecule has 0 saturated carbocycles. The van der Waals surface area contributed by atoms with Crippen LogP contribution in [-0.4, -0.2) is 17.6 Å². The first-order chi connectivity index (χ1) is 15.3. The first kappa shape index (κ1) is 20.1. The number of amides is 2. The molecule has 0 unspecified atom stereocenters. The van der Waals surface area contributed by atoms with Gasteiger partial charge in [-0.05, 0) is 53.4 Å². The molecule has 32 heavy (non-hydrogen) atoms. The lowest BCUT2D eigenvalue weighted by atomic mass is 9.54. The molecule has 6 heteroatoms. The molecule has 0 aromatic heterocycles. The van der Waals surface area contributed by atoms with Gasteiger partial charge in [0.2, 0.25) is 11.8 Å². The van der Waals surface area contributed by atoms with Gasteiger partial charge in [-0.2, -0.15) is 0 Å². The molecule has 4 aliphatic rings. The highest BCUT2D eigenvalue weighted by Crippen LogP contribution is 2.70. The summed E-state index contributed by atoms with van der Waals surface area (Å²) in [5, 5.41) is 0. The summed E-state index contributed by atoms with van der Waals surface area (Å²) < 4.78 is -1.61. The number of hydrogen-bond acceptors (Lipinski definition) is 3. The van der Waals surface area contributed by atoms with Crippen molar-refractivity contribution in [3.8, 4) is 0 Å². The molecule has 1 aliphatic heterocycles. The van der Waals surface area contributed by atoms with Crippen molar-refractivity contribution in [2.45, 2.75) is 15.6 Å². The maximum Gasteiger partial charge on any atom is 0.239 e. The molecule has 1 saturated heterocycles. The highest BCUT2D eigenvalue weighted by atomic mass is 79.9. The van der Waals surface area contributed by atoms with Gasteiger partial charge in [0.25, 0.3) is 0 Å². The first-order valence-electron chi connectivity index (χ1n) is 10.4. The van der Waals surface area contributed by atoms with Gasteiger partial charge < -0.3 is 0 Å². The fourth-order valence-electron chi connectivity index (χ4n) is 5.77. The standard InChI is InChI=1S/C26H17Br2NO3/c1-14(30)15-10-12-16(13-11-15)29-23(31)21-22(24(29)32)26(28)18-7-3-2-6-17(18)25(21,27)19-8-4-5-9-20(19)26/h2-13,21-22H,1H3/t21-,22-,25?,26?/m1/s1. The molecule has 4 nitrogen and oxygen atoms in total. The van der Waals surface area contributed by atoms with E-state index < -0.39 is 20.5 Å². The average molecular weight is 551 g/mol. The van der Waals surface area contributed by atoms with E-state index in [9.17, 15) is 14.4 Å². The van der Waals surface area contributed by atoms with Crippen LogP contribution >= 0.6 is 31.9 Å². The van der Waals surface area contributed by atoms with E-state index >= 15 is 0 Å². The molecule has 3 aliphatic carbocycles. The van der Waals surface area contributed by atoms with E-state index in [1.807, 2.05) is 48.5 Å². The molecule has 2 bridgehead atoms. The van der Waals surface area contributed by atoms with Crippen molar-refractivity contribution in [3.05, 3.63) is 101 Å². The van der Waals surface area contributed by atoms with Crippen LogP contribution in [-0.2, 0) is 18.2 Å². The fraction of sp³-hybridized carbons (Fsp3) is 0.192. The molecule has 0 radical (unpaired) electrons. The van der Waals surface area contributed by atoms with Crippen LogP contribution in [0.5, 0.6) is 0 Å². The number of benzene rings is 3. The van der Waals surface area contributed by atoms with Gasteiger partial charge in [0.05, 0.1) is 26.2 Å². The number of carbonyl (C=O) groups excluding carboxylic acids is 3. The molecule has 0 spiro atoms. The van der Waals surface area contributed by atoms with Crippen molar-refractivity contribution in [1.29, 1.82) is 0 Å². The Kier molecular flexibility index (Phi) is 4.07. The monoisotopic (exact) mass is 549 g/mol. The molecule has 3 aromatic carbocycles. The molecule has 1 heterocycles. The van der Waals surface area contributed by atoms with Crippen LogP contribution in [0.4, 0.5) is 5.69 Å². The molecular formula is C26H17Br2NO3. The quantitative estimate of drug-likeness (QED) is 0.247. The highest BCUT2D eigenvalue weighted by molar-refractivity contribution is 9.10. The summed E-state index contributed by atoms with van der Waals surface area (Å²) in [5.74, 6) is -1.74. The number of halogens is 2. The summed E-state index contributed by atoms with van der Waals surface area (Å²) in [6.07, 6.45) is 0. The third-order valence-electron chi connectivity index (χ3n) is 7.12. The van der Waals surface area contributed by atoms with Crippen LogP contribution in [0.2, 0.25) is 0 Å². The van der Waals surface area contributed by atoms with Crippen molar-refractivity contribution in [2.24, 2.45) is 11.8 Å². The molecule has 0 N–H and O–H groups in total. The van der Waals surface area contributed by atoms with Crippen LogP contribution < -0.4 is 4.90 Å². The minimum atomic E-state index is -0.804. The average Bonchev–Trinajstić information content (AvgIpc) is 3.08.